The fraction of sp³-hybridized carbons (Fsp3) is 0.0714. The number of hydrogen-bond donors (Lipinski definition) is 0. The molecule has 1 aliphatic heterocycles. The first-order valence-corrected chi connectivity index (χ1v) is 7.08. The second-order valence-corrected chi connectivity index (χ2v) is 5.53. The van der Waals surface area contributed by atoms with Crippen molar-refractivity contribution >= 4 is 34.6 Å². The highest BCUT2D eigenvalue weighted by Gasteiger charge is 2.37. The quantitative estimate of drug-likeness (QED) is 0.372. The number of thiophene rings is 1. The summed E-state index contributed by atoms with van der Waals surface area (Å²) in [6.07, 6.45) is 0. The number of imide groups is 1. The molecule has 7 nitrogen and oxygen atoms in total. The molecule has 0 saturated carbocycles. The first-order valence-electron chi connectivity index (χ1n) is 6.20. The summed E-state index contributed by atoms with van der Waals surface area (Å²) in [6, 6.07) is 6.77. The number of carbonyl (C=O) groups is 3. The fourth-order valence-electron chi connectivity index (χ4n) is 2.19. The maximum atomic E-state index is 12.2. The molecule has 2 heterocycles. The lowest BCUT2D eigenvalue weighted by atomic mass is 10.1. The van der Waals surface area contributed by atoms with E-state index in [9.17, 15) is 24.5 Å². The molecule has 1 aromatic heterocycles. The topological polar surface area (TPSA) is 97.6 Å². The fourth-order valence-corrected chi connectivity index (χ4v) is 2.85. The van der Waals surface area contributed by atoms with Crippen molar-refractivity contribution in [2.45, 2.75) is 0 Å². The predicted octanol–water partition coefficient (Wildman–Crippen LogP) is 2.14. The Bertz CT molecular complexity index is 813. The van der Waals surface area contributed by atoms with Crippen molar-refractivity contribution in [2.24, 2.45) is 0 Å². The third-order valence-electron chi connectivity index (χ3n) is 3.26. The Labute approximate surface area is 127 Å². The summed E-state index contributed by atoms with van der Waals surface area (Å²) >= 11 is 1.22. The van der Waals surface area contributed by atoms with Gasteiger partial charge in [-0.05, 0) is 17.5 Å². The van der Waals surface area contributed by atoms with Gasteiger partial charge < -0.3 is 0 Å². The zero-order valence-corrected chi connectivity index (χ0v) is 11.8. The van der Waals surface area contributed by atoms with Gasteiger partial charge in [-0.15, -0.1) is 11.3 Å². The Kier molecular flexibility index (Phi) is 3.30. The summed E-state index contributed by atoms with van der Waals surface area (Å²) in [5, 5.41) is 12.5. The van der Waals surface area contributed by atoms with Crippen molar-refractivity contribution in [1.29, 1.82) is 0 Å². The van der Waals surface area contributed by atoms with Crippen molar-refractivity contribution < 1.29 is 19.3 Å². The maximum Gasteiger partial charge on any atom is 0.270 e. The molecule has 1 aliphatic rings. The zero-order chi connectivity index (χ0) is 15.9. The van der Waals surface area contributed by atoms with Crippen LogP contribution in [0.25, 0.3) is 0 Å². The molecule has 1 aromatic carbocycles. The zero-order valence-electron chi connectivity index (χ0n) is 11.0. The average Bonchev–Trinajstić information content (AvgIpc) is 3.11. The average molecular weight is 316 g/mol. The molecule has 0 unspecified atom stereocenters. The molecule has 0 saturated heterocycles. The molecule has 0 aliphatic carbocycles. The van der Waals surface area contributed by atoms with Crippen LogP contribution in [0.1, 0.15) is 30.4 Å². The van der Waals surface area contributed by atoms with Crippen molar-refractivity contribution in [3.05, 3.63) is 61.8 Å². The predicted molar refractivity (Wildman–Crippen MR) is 77.1 cm³/mol. The molecule has 0 bridgehead atoms. The highest BCUT2D eigenvalue weighted by atomic mass is 32.1. The van der Waals surface area contributed by atoms with Crippen molar-refractivity contribution in [2.75, 3.05) is 6.54 Å². The Morgan fingerprint density at radius 3 is 2.55 bits per heavy atom. The number of amides is 2. The first-order chi connectivity index (χ1) is 10.5. The normalized spacial score (nSPS) is 13.4. The number of non-ortho nitro benzene ring substituents is 1. The Morgan fingerprint density at radius 2 is 1.91 bits per heavy atom. The molecular formula is C14H8N2O5S. The lowest BCUT2D eigenvalue weighted by Gasteiger charge is -2.11. The molecule has 2 aromatic rings. The van der Waals surface area contributed by atoms with E-state index in [2.05, 4.69) is 0 Å². The third-order valence-corrected chi connectivity index (χ3v) is 4.17. The van der Waals surface area contributed by atoms with Gasteiger partial charge in [0.25, 0.3) is 17.5 Å². The molecule has 22 heavy (non-hydrogen) atoms. The van der Waals surface area contributed by atoms with E-state index in [1.165, 1.54) is 17.4 Å². The number of nitro benzene ring substituents is 1. The summed E-state index contributed by atoms with van der Waals surface area (Å²) in [7, 11) is 0. The van der Waals surface area contributed by atoms with Crippen molar-refractivity contribution in [3.63, 3.8) is 0 Å². The second-order valence-electron chi connectivity index (χ2n) is 4.58. The summed E-state index contributed by atoms with van der Waals surface area (Å²) < 4.78 is 0. The van der Waals surface area contributed by atoms with Gasteiger partial charge in [0, 0.05) is 12.1 Å². The molecule has 0 N–H and O–H groups in total. The third kappa shape index (κ3) is 2.19. The van der Waals surface area contributed by atoms with Crippen LogP contribution in [0, 0.1) is 10.1 Å². The van der Waals surface area contributed by atoms with E-state index < -0.39 is 16.7 Å². The van der Waals surface area contributed by atoms with Gasteiger partial charge in [0.15, 0.2) is 5.78 Å². The number of ketones is 1. The number of benzene rings is 1. The molecule has 8 heteroatoms. The Balaban J connectivity index is 1.90. The van der Waals surface area contributed by atoms with Crippen LogP contribution in [-0.2, 0) is 0 Å². The van der Waals surface area contributed by atoms with Crippen LogP contribution in [0.4, 0.5) is 5.69 Å². The van der Waals surface area contributed by atoms with E-state index >= 15 is 0 Å². The van der Waals surface area contributed by atoms with Gasteiger partial charge in [-0.3, -0.25) is 29.4 Å². The van der Waals surface area contributed by atoms with Gasteiger partial charge in [0.05, 0.1) is 27.5 Å². The number of nitrogens with zero attached hydrogens (tertiary/aromatic N) is 2. The minimum Gasteiger partial charge on any atom is -0.291 e. The van der Waals surface area contributed by atoms with Crippen LogP contribution < -0.4 is 0 Å². The van der Waals surface area contributed by atoms with Crippen LogP contribution in [0.5, 0.6) is 0 Å². The second kappa shape index (κ2) is 5.15. The SMILES string of the molecule is O=C(CN1C(=O)c2ccc([N+](=O)[O-])cc2C1=O)c1cccs1. The summed E-state index contributed by atoms with van der Waals surface area (Å²) in [5.74, 6) is -1.65. The largest absolute Gasteiger partial charge is 0.291 e. The van der Waals surface area contributed by atoms with E-state index in [0.29, 0.717) is 4.88 Å². The highest BCUT2D eigenvalue weighted by Crippen LogP contribution is 2.27. The van der Waals surface area contributed by atoms with Gasteiger partial charge in [0.1, 0.15) is 0 Å². The first kappa shape index (κ1) is 14.1. The van der Waals surface area contributed by atoms with E-state index in [1.807, 2.05) is 0 Å². The van der Waals surface area contributed by atoms with Crippen LogP contribution in [0.3, 0.4) is 0 Å². The number of nitro groups is 1. The summed E-state index contributed by atoms with van der Waals surface area (Å²) in [5.41, 5.74) is -0.237. The Morgan fingerprint density at radius 1 is 1.18 bits per heavy atom. The van der Waals surface area contributed by atoms with Crippen molar-refractivity contribution in [3.8, 4) is 0 Å². The van der Waals surface area contributed by atoms with Gasteiger partial charge >= 0.3 is 0 Å². The molecule has 0 spiro atoms. The molecule has 110 valence electrons. The highest BCUT2D eigenvalue weighted by molar-refractivity contribution is 7.12. The van der Waals surface area contributed by atoms with Crippen LogP contribution in [0.15, 0.2) is 35.7 Å². The van der Waals surface area contributed by atoms with E-state index in [1.54, 1.807) is 17.5 Å². The number of carbonyl (C=O) groups excluding carboxylic acids is 3. The Hall–Kier alpha value is -2.87. The van der Waals surface area contributed by atoms with E-state index in [-0.39, 0.29) is 29.1 Å². The minimum absolute atomic E-state index is 0.0434. The van der Waals surface area contributed by atoms with E-state index in [0.717, 1.165) is 17.0 Å². The lowest BCUT2D eigenvalue weighted by molar-refractivity contribution is -0.384. The maximum absolute atomic E-state index is 12.2. The summed E-state index contributed by atoms with van der Waals surface area (Å²) in [6.45, 7) is -0.374. The van der Waals surface area contributed by atoms with E-state index in [4.69, 9.17) is 0 Å². The van der Waals surface area contributed by atoms with Crippen LogP contribution in [-0.4, -0.2) is 34.0 Å². The number of fused-ring (bicyclic) bond motifs is 1. The molecule has 0 atom stereocenters. The number of rotatable bonds is 4. The van der Waals surface area contributed by atoms with Crippen LogP contribution >= 0.6 is 11.3 Å². The summed E-state index contributed by atoms with van der Waals surface area (Å²) in [4.78, 5) is 47.8. The minimum atomic E-state index is -0.686. The standard InChI is InChI=1S/C14H8N2O5S/c17-11(12-2-1-5-22-12)7-15-13(18)9-4-3-8(16(20)21)6-10(9)14(15)19/h1-6H,7H2. The monoisotopic (exact) mass is 316 g/mol. The van der Waals surface area contributed by atoms with Gasteiger partial charge in [-0.25, -0.2) is 0 Å². The smallest absolute Gasteiger partial charge is 0.270 e. The molecule has 3 rings (SSSR count). The molecular weight excluding hydrogens is 308 g/mol. The lowest BCUT2D eigenvalue weighted by Crippen LogP contribution is -2.34. The van der Waals surface area contributed by atoms with Gasteiger partial charge in [0.2, 0.25) is 0 Å². The van der Waals surface area contributed by atoms with Gasteiger partial charge in [-0.1, -0.05) is 6.07 Å². The molecule has 2 amide bonds. The number of Topliss-reactive ketones (excluding diaryl/α,β-unsaturated/α-hetero) is 1. The van der Waals surface area contributed by atoms with Crippen molar-refractivity contribution in [1.82, 2.24) is 4.90 Å². The molecule has 0 radical (unpaired) electrons. The van der Waals surface area contributed by atoms with Crippen LogP contribution in [0.2, 0.25) is 0 Å². The number of hydrogen-bond acceptors (Lipinski definition) is 6. The van der Waals surface area contributed by atoms with Gasteiger partial charge in [-0.2, -0.15) is 0 Å². The molecule has 0 fully saturated rings.